The molecular weight excluding hydrogens is 652 g/mol. The van der Waals surface area contributed by atoms with Crippen molar-refractivity contribution >= 4 is 22.9 Å². The van der Waals surface area contributed by atoms with Gasteiger partial charge in [0, 0.05) is 43.8 Å². The maximum atomic E-state index is 13.5. The van der Waals surface area contributed by atoms with Gasteiger partial charge in [-0.2, -0.15) is 0 Å². The fourth-order valence-electron chi connectivity index (χ4n) is 5.81. The third-order valence-electron chi connectivity index (χ3n) is 8.44. The topological polar surface area (TPSA) is 173 Å². The molecule has 4 aromatic carbocycles. The Kier molecular flexibility index (Phi) is 12.8. The van der Waals surface area contributed by atoms with Crippen molar-refractivity contribution in [3.63, 3.8) is 0 Å². The molecule has 6 N–H and O–H groups in total. The van der Waals surface area contributed by atoms with Crippen LogP contribution in [0.3, 0.4) is 0 Å². The smallest absolute Gasteiger partial charge is 0.405 e. The summed E-state index contributed by atoms with van der Waals surface area (Å²) < 4.78 is 11.3. The van der Waals surface area contributed by atoms with Crippen molar-refractivity contribution < 1.29 is 34.4 Å². The number of nitrogens with one attached hydrogen (secondary N) is 3. The van der Waals surface area contributed by atoms with Crippen LogP contribution in [0.1, 0.15) is 51.2 Å². The Bertz CT molecular complexity index is 1970. The van der Waals surface area contributed by atoms with Gasteiger partial charge in [-0.25, -0.2) is 4.79 Å². The van der Waals surface area contributed by atoms with E-state index in [0.717, 1.165) is 16.7 Å². The highest BCUT2D eigenvalue weighted by Crippen LogP contribution is 2.29. The lowest BCUT2D eigenvalue weighted by Gasteiger charge is -2.23. The van der Waals surface area contributed by atoms with Gasteiger partial charge in [-0.3, -0.25) is 9.59 Å². The largest absolute Gasteiger partial charge is 0.506 e. The van der Waals surface area contributed by atoms with Gasteiger partial charge in [-0.1, -0.05) is 60.7 Å². The average Bonchev–Trinajstić information content (AvgIpc) is 3.14. The van der Waals surface area contributed by atoms with Crippen LogP contribution in [0.5, 0.6) is 11.5 Å². The van der Waals surface area contributed by atoms with Crippen LogP contribution in [0.2, 0.25) is 0 Å². The van der Waals surface area contributed by atoms with Crippen molar-refractivity contribution in [1.82, 2.24) is 20.5 Å². The molecule has 1 aromatic heterocycles. The lowest BCUT2D eigenvalue weighted by molar-refractivity contribution is 0.0692. The minimum Gasteiger partial charge on any atom is -0.506 e. The third kappa shape index (κ3) is 9.94. The van der Waals surface area contributed by atoms with E-state index < -0.39 is 18.2 Å². The number of benzene rings is 4. The maximum Gasteiger partial charge on any atom is 0.405 e. The number of pyridine rings is 1. The van der Waals surface area contributed by atoms with E-state index in [9.17, 15) is 29.7 Å². The highest BCUT2D eigenvalue weighted by Gasteiger charge is 2.19. The van der Waals surface area contributed by atoms with Gasteiger partial charge in [0.2, 0.25) is 5.56 Å². The van der Waals surface area contributed by atoms with Crippen molar-refractivity contribution in [3.8, 4) is 11.5 Å². The third-order valence-corrected chi connectivity index (χ3v) is 8.44. The number of H-pyrrole nitrogens is 1. The van der Waals surface area contributed by atoms with Gasteiger partial charge in [0.1, 0.15) is 18.1 Å². The SMILES string of the molecule is COCCN(CCCNC[C@H](O)c1ccc(O)c2[nH]c(=O)ccc12)C(=O)c1ccc(COc2cccc([C@@H](NC(=O)O)c3ccccc3)c2)cc1. The number of phenols is 1. The van der Waals surface area contributed by atoms with Crippen LogP contribution in [0.4, 0.5) is 4.79 Å². The van der Waals surface area contributed by atoms with Gasteiger partial charge in [0.25, 0.3) is 5.91 Å². The molecule has 12 nitrogen and oxygen atoms in total. The molecular formula is C39H42N4O8. The molecule has 5 rings (SSSR count). The van der Waals surface area contributed by atoms with Gasteiger partial charge in [-0.05, 0) is 71.6 Å². The van der Waals surface area contributed by atoms with Gasteiger partial charge >= 0.3 is 6.09 Å². The summed E-state index contributed by atoms with van der Waals surface area (Å²) in [4.78, 5) is 41.0. The first kappa shape index (κ1) is 36.6. The molecule has 0 aliphatic rings. The second kappa shape index (κ2) is 17.8. The normalized spacial score (nSPS) is 12.3. The number of aromatic amines is 1. The number of carbonyl (C=O) groups is 2. The fourth-order valence-corrected chi connectivity index (χ4v) is 5.81. The number of carbonyl (C=O) groups excluding carboxylic acids is 1. The number of aromatic hydroxyl groups is 1. The van der Waals surface area contributed by atoms with E-state index in [2.05, 4.69) is 15.6 Å². The molecule has 0 saturated heterocycles. The molecule has 266 valence electrons. The zero-order chi connectivity index (χ0) is 36.2. The first-order valence-corrected chi connectivity index (χ1v) is 16.6. The van der Waals surface area contributed by atoms with Crippen LogP contribution in [0.25, 0.3) is 10.9 Å². The number of ether oxygens (including phenoxy) is 2. The fraction of sp³-hybridized carbons (Fsp3) is 0.256. The number of phenolic OH excluding ortho intramolecular Hbond substituents is 1. The van der Waals surface area contributed by atoms with Crippen LogP contribution in [-0.4, -0.2) is 77.1 Å². The zero-order valence-corrected chi connectivity index (χ0v) is 28.2. The number of rotatable bonds is 17. The van der Waals surface area contributed by atoms with Crippen molar-refractivity contribution in [1.29, 1.82) is 0 Å². The molecule has 0 bridgehead atoms. The Morgan fingerprint density at radius 3 is 2.41 bits per heavy atom. The molecule has 51 heavy (non-hydrogen) atoms. The minimum absolute atomic E-state index is 0.0668. The Balaban J connectivity index is 1.13. The number of aromatic nitrogens is 1. The molecule has 0 unspecified atom stereocenters. The second-order valence-electron chi connectivity index (χ2n) is 12.0. The van der Waals surface area contributed by atoms with E-state index in [1.54, 1.807) is 36.3 Å². The van der Waals surface area contributed by atoms with Crippen molar-refractivity contribution in [3.05, 3.63) is 141 Å². The summed E-state index contributed by atoms with van der Waals surface area (Å²) in [5, 5.41) is 36.7. The van der Waals surface area contributed by atoms with E-state index in [4.69, 9.17) is 9.47 Å². The quantitative estimate of drug-likeness (QED) is 0.0735. The summed E-state index contributed by atoms with van der Waals surface area (Å²) in [5.41, 5.74) is 3.46. The van der Waals surface area contributed by atoms with Crippen molar-refractivity contribution in [2.75, 3.05) is 39.9 Å². The summed E-state index contributed by atoms with van der Waals surface area (Å²) in [6, 6.07) is 29.3. The highest BCUT2D eigenvalue weighted by molar-refractivity contribution is 5.94. The number of methoxy groups -OCH3 is 1. The van der Waals surface area contributed by atoms with E-state index in [-0.39, 0.29) is 35.9 Å². The van der Waals surface area contributed by atoms with Gasteiger partial charge < -0.3 is 45.3 Å². The van der Waals surface area contributed by atoms with E-state index in [1.165, 1.54) is 12.1 Å². The average molecular weight is 695 g/mol. The zero-order valence-electron chi connectivity index (χ0n) is 28.2. The number of amides is 2. The number of aliphatic hydroxyl groups excluding tert-OH is 1. The van der Waals surface area contributed by atoms with Crippen molar-refractivity contribution in [2.24, 2.45) is 0 Å². The second-order valence-corrected chi connectivity index (χ2v) is 12.0. The molecule has 0 aliphatic heterocycles. The highest BCUT2D eigenvalue weighted by atomic mass is 16.5. The predicted molar refractivity (Wildman–Crippen MR) is 193 cm³/mol. The summed E-state index contributed by atoms with van der Waals surface area (Å²) in [5.74, 6) is 0.387. The van der Waals surface area contributed by atoms with Gasteiger partial charge in [-0.15, -0.1) is 0 Å². The standard InChI is InChI=1S/C39H42N4O8/c1-50-22-21-43(20-6-19-40-24-34(45)31-15-17-33(44)37-32(31)16-18-35(46)41-37)38(47)28-13-11-26(12-14-28)25-51-30-10-5-9-29(23-30)36(42-39(48)49)27-7-3-2-4-8-27/h2-5,7-18,23,34,36,40,42,44-45H,6,19-22,24-25H2,1H3,(H,41,46)(H,48,49)/t34-,36-/m0/s1. The molecule has 1 heterocycles. The summed E-state index contributed by atoms with van der Waals surface area (Å²) in [6.45, 7) is 2.30. The number of fused-ring (bicyclic) bond motifs is 1. The first-order valence-electron chi connectivity index (χ1n) is 16.6. The maximum absolute atomic E-state index is 13.5. The Labute approximate surface area is 295 Å². The molecule has 0 spiro atoms. The summed E-state index contributed by atoms with van der Waals surface area (Å²) in [6.07, 6.45) is -1.37. The van der Waals surface area contributed by atoms with E-state index in [0.29, 0.717) is 54.9 Å². The lowest BCUT2D eigenvalue weighted by atomic mass is 9.98. The first-order chi connectivity index (χ1) is 24.7. The Morgan fingerprint density at radius 1 is 0.902 bits per heavy atom. The molecule has 12 heteroatoms. The Hall–Kier alpha value is -5.69. The summed E-state index contributed by atoms with van der Waals surface area (Å²) >= 11 is 0. The number of hydrogen-bond donors (Lipinski definition) is 6. The molecule has 0 saturated carbocycles. The van der Waals surface area contributed by atoms with E-state index in [1.807, 2.05) is 66.7 Å². The van der Waals surface area contributed by atoms with Crippen LogP contribution in [-0.2, 0) is 11.3 Å². The van der Waals surface area contributed by atoms with Crippen LogP contribution in [0, 0.1) is 0 Å². The van der Waals surface area contributed by atoms with Gasteiger partial charge in [0.05, 0.1) is 24.3 Å². The predicted octanol–water partition coefficient (Wildman–Crippen LogP) is 4.97. The van der Waals surface area contributed by atoms with Crippen LogP contribution in [0.15, 0.2) is 108 Å². The van der Waals surface area contributed by atoms with Crippen LogP contribution < -0.4 is 20.9 Å². The number of aliphatic hydroxyl groups is 1. The number of hydrogen-bond acceptors (Lipinski definition) is 8. The molecule has 5 aromatic rings. The minimum atomic E-state index is -1.13. The van der Waals surface area contributed by atoms with Crippen molar-refractivity contribution in [2.45, 2.75) is 25.2 Å². The number of nitrogens with zero attached hydrogens (tertiary/aromatic N) is 1. The van der Waals surface area contributed by atoms with Crippen LogP contribution >= 0.6 is 0 Å². The molecule has 0 aliphatic carbocycles. The van der Waals surface area contributed by atoms with Gasteiger partial charge in [0.15, 0.2) is 0 Å². The van der Waals surface area contributed by atoms with E-state index >= 15 is 0 Å². The lowest BCUT2D eigenvalue weighted by Crippen LogP contribution is -2.36. The molecule has 0 fully saturated rings. The molecule has 2 amide bonds. The summed E-state index contributed by atoms with van der Waals surface area (Å²) in [7, 11) is 1.59. The molecule has 0 radical (unpaired) electrons. The molecule has 2 atom stereocenters. The Morgan fingerprint density at radius 2 is 1.67 bits per heavy atom. The number of carboxylic acid groups (broad SMARTS) is 1. The monoisotopic (exact) mass is 694 g/mol.